The molecule has 0 atom stereocenters. The lowest BCUT2D eigenvalue weighted by molar-refractivity contribution is 0.0373. The van der Waals surface area contributed by atoms with Gasteiger partial charge in [0.15, 0.2) is 0 Å². The fourth-order valence-corrected chi connectivity index (χ4v) is 3.03. The number of rotatable bonds is 5. The second kappa shape index (κ2) is 8.43. The van der Waals surface area contributed by atoms with Gasteiger partial charge >= 0.3 is 11.9 Å². The Morgan fingerprint density at radius 1 is 0.897 bits per heavy atom. The van der Waals surface area contributed by atoms with Gasteiger partial charge in [0.1, 0.15) is 34.1 Å². The molecule has 0 aliphatic heterocycles. The van der Waals surface area contributed by atoms with Crippen LogP contribution < -0.4 is 9.47 Å². The molecule has 0 saturated carbocycles. The number of carbonyl (C=O) groups is 2. The van der Waals surface area contributed by atoms with E-state index in [1.807, 2.05) is 0 Å². The van der Waals surface area contributed by atoms with E-state index in [1.54, 1.807) is 34.6 Å². The van der Waals surface area contributed by atoms with Crippen molar-refractivity contribution in [2.45, 2.75) is 47.6 Å². The van der Waals surface area contributed by atoms with E-state index in [0.29, 0.717) is 16.7 Å². The summed E-state index contributed by atoms with van der Waals surface area (Å²) < 4.78 is 16.0. The summed E-state index contributed by atoms with van der Waals surface area (Å²) in [6, 6.07) is 2.95. The highest BCUT2D eigenvalue weighted by Crippen LogP contribution is 2.37. The van der Waals surface area contributed by atoms with Gasteiger partial charge in [0, 0.05) is 11.1 Å². The lowest BCUT2D eigenvalue weighted by Gasteiger charge is -2.18. The van der Waals surface area contributed by atoms with Gasteiger partial charge in [0.05, 0.1) is 13.2 Å². The van der Waals surface area contributed by atoms with Crippen LogP contribution in [0.1, 0.15) is 56.8 Å². The molecule has 2 aromatic carbocycles. The standard InChI is InChI=1S/C22H26O7/c1-10(2)28-21(25)17-12(4)9-16(14(6)19(17)24)29-22(26)18-11(3)8-15(23)13(5)20(18)27-7/h8-10,23-24H,1-7H3. The summed E-state index contributed by atoms with van der Waals surface area (Å²) in [4.78, 5) is 25.1. The van der Waals surface area contributed by atoms with Crippen LogP contribution in [0, 0.1) is 27.7 Å². The molecule has 2 N–H and O–H groups in total. The Labute approximate surface area is 169 Å². The molecule has 7 heteroatoms. The number of phenols is 2. The molecule has 7 nitrogen and oxygen atoms in total. The third kappa shape index (κ3) is 4.29. The lowest BCUT2D eigenvalue weighted by atomic mass is 10.0. The zero-order valence-corrected chi connectivity index (χ0v) is 17.7. The number of carbonyl (C=O) groups excluding carboxylic acids is 2. The number of methoxy groups -OCH3 is 1. The predicted molar refractivity (Wildman–Crippen MR) is 107 cm³/mol. The van der Waals surface area contributed by atoms with Crippen molar-refractivity contribution in [2.75, 3.05) is 7.11 Å². The molecule has 0 aliphatic carbocycles. The van der Waals surface area contributed by atoms with Crippen molar-refractivity contribution in [1.82, 2.24) is 0 Å². The Kier molecular flexibility index (Phi) is 6.41. The molecule has 29 heavy (non-hydrogen) atoms. The van der Waals surface area contributed by atoms with E-state index in [2.05, 4.69) is 0 Å². The number of esters is 2. The summed E-state index contributed by atoms with van der Waals surface area (Å²) in [5.74, 6) is -1.33. The van der Waals surface area contributed by atoms with Crippen molar-refractivity contribution in [3.63, 3.8) is 0 Å². The molecule has 0 spiro atoms. The van der Waals surface area contributed by atoms with Crippen molar-refractivity contribution in [3.05, 3.63) is 45.5 Å². The van der Waals surface area contributed by atoms with E-state index in [0.717, 1.165) is 0 Å². The van der Waals surface area contributed by atoms with E-state index in [4.69, 9.17) is 14.2 Å². The van der Waals surface area contributed by atoms with Crippen LogP contribution >= 0.6 is 0 Å². The first-order chi connectivity index (χ1) is 13.5. The van der Waals surface area contributed by atoms with Gasteiger partial charge in [-0.2, -0.15) is 0 Å². The third-order valence-corrected chi connectivity index (χ3v) is 4.56. The number of hydrogen-bond donors (Lipinski definition) is 2. The zero-order valence-electron chi connectivity index (χ0n) is 17.7. The molecule has 0 aliphatic rings. The molecule has 0 heterocycles. The molecule has 0 fully saturated rings. The highest BCUT2D eigenvalue weighted by molar-refractivity contribution is 5.98. The zero-order chi connectivity index (χ0) is 22.0. The van der Waals surface area contributed by atoms with Crippen molar-refractivity contribution in [2.24, 2.45) is 0 Å². The van der Waals surface area contributed by atoms with E-state index in [9.17, 15) is 19.8 Å². The number of ether oxygens (including phenoxy) is 3. The molecule has 0 unspecified atom stereocenters. The van der Waals surface area contributed by atoms with Crippen LogP contribution in [0.15, 0.2) is 12.1 Å². The topological polar surface area (TPSA) is 102 Å². The maximum atomic E-state index is 12.9. The maximum absolute atomic E-state index is 12.9. The van der Waals surface area contributed by atoms with E-state index in [-0.39, 0.29) is 45.8 Å². The van der Waals surface area contributed by atoms with E-state index < -0.39 is 11.9 Å². The van der Waals surface area contributed by atoms with Crippen LogP contribution in [0.4, 0.5) is 0 Å². The van der Waals surface area contributed by atoms with Crippen molar-refractivity contribution in [1.29, 1.82) is 0 Å². The van der Waals surface area contributed by atoms with Crippen LogP contribution in [-0.2, 0) is 4.74 Å². The van der Waals surface area contributed by atoms with Crippen LogP contribution in [0.2, 0.25) is 0 Å². The van der Waals surface area contributed by atoms with Crippen molar-refractivity contribution in [3.8, 4) is 23.0 Å². The van der Waals surface area contributed by atoms with Gasteiger partial charge < -0.3 is 24.4 Å². The van der Waals surface area contributed by atoms with Crippen LogP contribution in [0.25, 0.3) is 0 Å². The van der Waals surface area contributed by atoms with Crippen molar-refractivity contribution < 1.29 is 34.0 Å². The van der Waals surface area contributed by atoms with Gasteiger partial charge in [-0.25, -0.2) is 9.59 Å². The molecule has 0 radical (unpaired) electrons. The average molecular weight is 402 g/mol. The molecule has 0 saturated heterocycles. The first-order valence-corrected chi connectivity index (χ1v) is 9.13. The maximum Gasteiger partial charge on any atom is 0.347 e. The summed E-state index contributed by atoms with van der Waals surface area (Å²) in [7, 11) is 1.40. The van der Waals surface area contributed by atoms with Crippen LogP contribution in [0.3, 0.4) is 0 Å². The Bertz CT molecular complexity index is 974. The van der Waals surface area contributed by atoms with Gasteiger partial charge in [-0.1, -0.05) is 0 Å². The SMILES string of the molecule is COc1c(C)c(O)cc(C)c1C(=O)Oc1cc(C)c(C(=O)OC(C)C)c(O)c1C. The van der Waals surface area contributed by atoms with E-state index in [1.165, 1.54) is 26.2 Å². The average Bonchev–Trinajstić information content (AvgIpc) is 2.61. The molecule has 156 valence electrons. The summed E-state index contributed by atoms with van der Waals surface area (Å²) in [6.07, 6.45) is -0.340. The molecule has 2 aromatic rings. The van der Waals surface area contributed by atoms with Gasteiger partial charge in [0.25, 0.3) is 0 Å². The highest BCUT2D eigenvalue weighted by atomic mass is 16.5. The van der Waals surface area contributed by atoms with Crippen LogP contribution in [0.5, 0.6) is 23.0 Å². The highest BCUT2D eigenvalue weighted by Gasteiger charge is 2.26. The second-order valence-electron chi connectivity index (χ2n) is 7.13. The smallest absolute Gasteiger partial charge is 0.347 e. The minimum Gasteiger partial charge on any atom is -0.508 e. The number of aryl methyl sites for hydroxylation is 2. The van der Waals surface area contributed by atoms with Gasteiger partial charge in [0.2, 0.25) is 0 Å². The van der Waals surface area contributed by atoms with E-state index >= 15 is 0 Å². The lowest BCUT2D eigenvalue weighted by Crippen LogP contribution is -2.16. The molecular weight excluding hydrogens is 376 g/mol. The van der Waals surface area contributed by atoms with Gasteiger partial charge in [-0.15, -0.1) is 0 Å². The first-order valence-electron chi connectivity index (χ1n) is 9.13. The second-order valence-corrected chi connectivity index (χ2v) is 7.13. The molecule has 0 aromatic heterocycles. The number of hydrogen-bond acceptors (Lipinski definition) is 7. The number of aromatic hydroxyl groups is 2. The summed E-state index contributed by atoms with van der Waals surface area (Å²) in [5, 5.41) is 20.5. The van der Waals surface area contributed by atoms with Crippen molar-refractivity contribution >= 4 is 11.9 Å². The molecule has 0 bridgehead atoms. The Morgan fingerprint density at radius 3 is 2.03 bits per heavy atom. The molecule has 0 amide bonds. The molecular formula is C22H26O7. The number of benzene rings is 2. The summed E-state index contributed by atoms with van der Waals surface area (Å²) in [6.45, 7) is 9.85. The number of phenolic OH excluding ortho intramolecular Hbond substituents is 2. The Morgan fingerprint density at radius 2 is 1.48 bits per heavy atom. The predicted octanol–water partition coefficient (Wildman–Crippen LogP) is 4.12. The van der Waals surface area contributed by atoms with Gasteiger partial charge in [-0.05, 0) is 64.8 Å². The molecule has 2 rings (SSSR count). The quantitative estimate of drug-likeness (QED) is 0.573. The third-order valence-electron chi connectivity index (χ3n) is 4.56. The summed E-state index contributed by atoms with van der Waals surface area (Å²) in [5.41, 5.74) is 1.73. The minimum atomic E-state index is -0.707. The normalized spacial score (nSPS) is 10.8. The minimum absolute atomic E-state index is 0.00795. The monoisotopic (exact) mass is 402 g/mol. The fraction of sp³-hybridized carbons (Fsp3) is 0.364. The first kappa shape index (κ1) is 22.1. The summed E-state index contributed by atoms with van der Waals surface area (Å²) >= 11 is 0. The Hall–Kier alpha value is -3.22. The Balaban J connectivity index is 2.48. The largest absolute Gasteiger partial charge is 0.508 e. The van der Waals surface area contributed by atoms with Gasteiger partial charge in [-0.3, -0.25) is 0 Å². The van der Waals surface area contributed by atoms with Crippen LogP contribution in [-0.4, -0.2) is 35.4 Å². The fourth-order valence-electron chi connectivity index (χ4n) is 3.03.